The quantitative estimate of drug-likeness (QED) is 0.0686. The largest absolute Gasteiger partial charge is 0.354 e. The number of rotatable bonds is 8. The van der Waals surface area contributed by atoms with E-state index in [-0.39, 0.29) is 5.78 Å². The van der Waals surface area contributed by atoms with Gasteiger partial charge in [-0.1, -0.05) is 142 Å². The van der Waals surface area contributed by atoms with Crippen molar-refractivity contribution < 1.29 is 13.2 Å². The number of aromatic nitrogens is 2. The van der Waals surface area contributed by atoms with Crippen molar-refractivity contribution in [1.82, 2.24) is 14.3 Å². The maximum absolute atomic E-state index is 12.4. The van der Waals surface area contributed by atoms with E-state index in [2.05, 4.69) is 134 Å². The first-order chi connectivity index (χ1) is 31.2. The van der Waals surface area contributed by atoms with E-state index in [9.17, 15) is 13.2 Å². The first kappa shape index (κ1) is 48.4. The van der Waals surface area contributed by atoms with Crippen LogP contribution in [0.15, 0.2) is 184 Å². The van der Waals surface area contributed by atoms with Gasteiger partial charge in [0, 0.05) is 73.9 Å². The second-order valence-corrected chi connectivity index (χ2v) is 19.5. The number of carbonyl (C=O) groups excluding carboxylic acids is 1. The standard InChI is InChI=1S/C24H24N2O2S.C15H12BrN.C9H10O.C6H7BrN2/c1-16-14-20(29(27,28)26(3)4)11-12-21(16)19-10-13-23-22(15-19)17(2)24(25-23)18-8-6-5-7-9-18;1-10-13-9-12(16)7-8-14(13)17-15(10)11-5-3-2-4-6-11;1-2-9(10)8-6-4-3-5-7-8;7-5-1-3-6(9-8)4-2-5/h5-15,25H,1-4H3;2-9,17H,1H3;3-7H,2H2,1H3;1-4,9H,8H2. The zero-order valence-electron chi connectivity index (χ0n) is 37.3. The predicted octanol–water partition coefficient (Wildman–Crippen LogP) is 14.3. The van der Waals surface area contributed by atoms with Gasteiger partial charge in [-0.3, -0.25) is 10.6 Å². The Morgan fingerprint density at radius 2 is 1.09 bits per heavy atom. The predicted molar refractivity (Wildman–Crippen MR) is 279 cm³/mol. The lowest BCUT2D eigenvalue weighted by atomic mass is 9.98. The van der Waals surface area contributed by atoms with Crippen molar-refractivity contribution in [2.75, 3.05) is 19.5 Å². The molecule has 0 aliphatic rings. The third kappa shape index (κ3) is 12.0. The summed E-state index contributed by atoms with van der Waals surface area (Å²) in [5, 5.41) is 2.45. The number of sulfonamides is 1. The van der Waals surface area contributed by atoms with Crippen LogP contribution >= 0.6 is 31.9 Å². The van der Waals surface area contributed by atoms with Crippen LogP contribution < -0.4 is 11.3 Å². The Balaban J connectivity index is 0.000000163. The summed E-state index contributed by atoms with van der Waals surface area (Å²) in [4.78, 5) is 18.3. The molecule has 0 saturated heterocycles. The summed E-state index contributed by atoms with van der Waals surface area (Å²) in [7, 11) is -0.344. The average Bonchev–Trinajstić information content (AvgIpc) is 3.84. The van der Waals surface area contributed by atoms with Crippen molar-refractivity contribution in [3.05, 3.63) is 201 Å². The topological polar surface area (TPSA) is 124 Å². The number of Topliss-reactive ketones (excluding diaryl/α,β-unsaturated/α-hetero) is 1. The van der Waals surface area contributed by atoms with Gasteiger partial charge in [-0.25, -0.2) is 12.7 Å². The average molecular weight is 1010 g/mol. The minimum atomic E-state index is -3.44. The van der Waals surface area contributed by atoms with Crippen molar-refractivity contribution in [2.45, 2.75) is 39.0 Å². The Morgan fingerprint density at radius 1 is 0.600 bits per heavy atom. The monoisotopic (exact) mass is 1010 g/mol. The number of H-pyrrole nitrogens is 2. The Hall–Kier alpha value is -6.08. The van der Waals surface area contributed by atoms with Gasteiger partial charge in [0.1, 0.15) is 0 Å². The number of aromatic amines is 2. The molecule has 9 rings (SSSR count). The van der Waals surface area contributed by atoms with E-state index < -0.39 is 10.0 Å². The van der Waals surface area contributed by atoms with E-state index in [4.69, 9.17) is 5.84 Å². The van der Waals surface area contributed by atoms with E-state index in [1.807, 2.05) is 98.8 Å². The fourth-order valence-electron chi connectivity index (χ4n) is 7.29. The lowest BCUT2D eigenvalue weighted by molar-refractivity contribution is 0.0988. The number of nitrogen functional groups attached to an aromatic ring is 1. The molecule has 0 bridgehead atoms. The Bertz CT molecular complexity index is 3120. The molecule has 0 spiro atoms. The molecule has 0 radical (unpaired) electrons. The van der Waals surface area contributed by atoms with Crippen LogP contribution in [-0.4, -0.2) is 42.6 Å². The van der Waals surface area contributed by atoms with E-state index >= 15 is 0 Å². The summed E-state index contributed by atoms with van der Waals surface area (Å²) in [5.41, 5.74) is 16.8. The molecule has 8 nitrogen and oxygen atoms in total. The number of halogens is 2. The minimum Gasteiger partial charge on any atom is -0.354 e. The number of nitrogens with one attached hydrogen (secondary N) is 3. The van der Waals surface area contributed by atoms with Gasteiger partial charge in [0.05, 0.1) is 4.90 Å². The highest BCUT2D eigenvalue weighted by atomic mass is 79.9. The second kappa shape index (κ2) is 22.2. The van der Waals surface area contributed by atoms with Crippen molar-refractivity contribution >= 4 is 75.2 Å². The van der Waals surface area contributed by atoms with Crippen LogP contribution in [0.5, 0.6) is 0 Å². The number of fused-ring (bicyclic) bond motifs is 2. The molecule has 0 unspecified atom stereocenters. The van der Waals surface area contributed by atoms with Gasteiger partial charge in [0.2, 0.25) is 10.0 Å². The molecule has 0 fully saturated rings. The van der Waals surface area contributed by atoms with E-state index in [1.54, 1.807) is 26.2 Å². The normalized spacial score (nSPS) is 10.9. The summed E-state index contributed by atoms with van der Waals surface area (Å²) in [6.07, 6.45) is 0.587. The number of carbonyl (C=O) groups is 1. The molecule has 0 aliphatic carbocycles. The van der Waals surface area contributed by atoms with Crippen LogP contribution in [-0.2, 0) is 10.0 Å². The van der Waals surface area contributed by atoms with E-state index in [0.29, 0.717) is 11.3 Å². The van der Waals surface area contributed by atoms with Crippen molar-refractivity contribution in [3.8, 4) is 33.6 Å². The van der Waals surface area contributed by atoms with E-state index in [1.165, 1.54) is 43.0 Å². The highest BCUT2D eigenvalue weighted by Crippen LogP contribution is 2.35. The number of hydrogen-bond donors (Lipinski definition) is 4. The summed E-state index contributed by atoms with van der Waals surface area (Å²) in [6.45, 7) is 8.11. The van der Waals surface area contributed by atoms with Crippen LogP contribution in [0.3, 0.4) is 0 Å². The first-order valence-corrected chi connectivity index (χ1v) is 24.1. The zero-order valence-corrected chi connectivity index (χ0v) is 41.3. The highest BCUT2D eigenvalue weighted by molar-refractivity contribution is 9.10. The Morgan fingerprint density at radius 3 is 1.58 bits per heavy atom. The van der Waals surface area contributed by atoms with E-state index in [0.717, 1.165) is 53.7 Å². The van der Waals surface area contributed by atoms with Gasteiger partial charge < -0.3 is 15.4 Å². The fraction of sp³-hybridized carbons (Fsp3) is 0.130. The van der Waals surface area contributed by atoms with Gasteiger partial charge in [0.15, 0.2) is 5.78 Å². The molecule has 5 N–H and O–H groups in total. The number of nitrogens with zero attached hydrogens (tertiary/aromatic N) is 1. The minimum absolute atomic E-state index is 0.209. The molecule has 0 amide bonds. The van der Waals surface area contributed by atoms with Crippen LogP contribution in [0.2, 0.25) is 0 Å². The molecule has 0 aliphatic heterocycles. The third-order valence-corrected chi connectivity index (χ3v) is 13.8. The van der Waals surface area contributed by atoms with Crippen LogP contribution in [0.1, 0.15) is 40.4 Å². The zero-order chi connectivity index (χ0) is 46.7. The first-order valence-electron chi connectivity index (χ1n) is 21.1. The number of aryl methyl sites for hydroxylation is 3. The molecule has 11 heteroatoms. The van der Waals surface area contributed by atoms with Crippen molar-refractivity contribution in [3.63, 3.8) is 0 Å². The third-order valence-electron chi connectivity index (χ3n) is 10.9. The van der Waals surface area contributed by atoms with Gasteiger partial charge in [-0.05, 0) is 126 Å². The lowest BCUT2D eigenvalue weighted by Crippen LogP contribution is -2.22. The number of anilines is 1. The molecule has 9 aromatic rings. The van der Waals surface area contributed by atoms with Gasteiger partial charge in [-0.2, -0.15) is 0 Å². The van der Waals surface area contributed by atoms with Crippen LogP contribution in [0.4, 0.5) is 5.69 Å². The lowest BCUT2D eigenvalue weighted by Gasteiger charge is -2.14. The van der Waals surface area contributed by atoms with Crippen LogP contribution in [0, 0.1) is 20.8 Å². The second-order valence-electron chi connectivity index (χ2n) is 15.5. The maximum Gasteiger partial charge on any atom is 0.242 e. The van der Waals surface area contributed by atoms with Gasteiger partial charge in [-0.15, -0.1) is 0 Å². The molecule has 332 valence electrons. The number of nitrogens with two attached hydrogens (primary N) is 1. The van der Waals surface area contributed by atoms with Crippen LogP contribution in [0.25, 0.3) is 55.4 Å². The fourth-order valence-corrected chi connectivity index (χ4v) is 8.90. The summed E-state index contributed by atoms with van der Waals surface area (Å²) in [5.74, 6) is 5.34. The molecule has 2 aromatic heterocycles. The molecular weight excluding hydrogens is 959 g/mol. The molecule has 7 aromatic carbocycles. The summed E-state index contributed by atoms with van der Waals surface area (Å²) in [6, 6.07) is 55.7. The smallest absolute Gasteiger partial charge is 0.242 e. The molecule has 65 heavy (non-hydrogen) atoms. The summed E-state index contributed by atoms with van der Waals surface area (Å²) < 4.78 is 28.2. The molecule has 0 atom stereocenters. The highest BCUT2D eigenvalue weighted by Gasteiger charge is 2.19. The molecular formula is C54H53Br2N5O3S. The number of hydrogen-bond acceptors (Lipinski definition) is 5. The van der Waals surface area contributed by atoms with Crippen molar-refractivity contribution in [2.24, 2.45) is 5.84 Å². The van der Waals surface area contributed by atoms with Crippen molar-refractivity contribution in [1.29, 1.82) is 0 Å². The number of ketones is 1. The Kier molecular flexibility index (Phi) is 16.5. The van der Waals surface area contributed by atoms with Gasteiger partial charge in [0.25, 0.3) is 0 Å². The SMILES string of the molecule is CCC(=O)c1ccccc1.Cc1c(-c2ccccc2)[nH]c2ccc(Br)cc12.Cc1cc(S(=O)(=O)N(C)C)ccc1-c1ccc2[nH]c(-c3ccccc3)c(C)c2c1.NNc1ccc(Br)cc1. The van der Waals surface area contributed by atoms with Gasteiger partial charge >= 0.3 is 0 Å². The molecule has 0 saturated carbocycles. The number of hydrazine groups is 1. The summed E-state index contributed by atoms with van der Waals surface area (Å²) >= 11 is 6.82. The maximum atomic E-state index is 12.4. The number of benzene rings is 7. The Labute approximate surface area is 399 Å². The molecule has 2 heterocycles.